The van der Waals surface area contributed by atoms with Crippen molar-refractivity contribution in [2.24, 2.45) is 0 Å². The Morgan fingerprint density at radius 2 is 1.79 bits per heavy atom. The van der Waals surface area contributed by atoms with Crippen LogP contribution in [0.1, 0.15) is 22.3 Å². The van der Waals surface area contributed by atoms with Crippen molar-refractivity contribution >= 4 is 78.6 Å². The fraction of sp³-hybridized carbons (Fsp3) is 0.120. The average Bonchev–Trinajstić information content (AvgIpc) is 3.25. The first kappa shape index (κ1) is 22.7. The summed E-state index contributed by atoms with van der Waals surface area (Å²) in [5.41, 5.74) is 5.33. The molecule has 0 radical (unpaired) electrons. The molecule has 33 heavy (non-hydrogen) atoms. The number of hydrogen-bond donors (Lipinski definition) is 0. The molecule has 0 spiro atoms. The van der Waals surface area contributed by atoms with Gasteiger partial charge in [-0.2, -0.15) is 0 Å². The second kappa shape index (κ2) is 8.95. The number of halogens is 3. The number of aromatic nitrogens is 2. The minimum absolute atomic E-state index is 0.0642. The molecule has 166 valence electrons. The maximum atomic E-state index is 13.9. The van der Waals surface area contributed by atoms with E-state index in [-0.39, 0.29) is 18.0 Å². The van der Waals surface area contributed by atoms with Gasteiger partial charge in [0.05, 0.1) is 22.7 Å². The summed E-state index contributed by atoms with van der Waals surface area (Å²) in [6.07, 6.45) is 1.89. The SMILES string of the molecule is Cc1cc2nc3s/c(=C\c4cc(I)c(OCc5ccccc5F)c(I)c4)c(=O)n3c2cc1C. The minimum Gasteiger partial charge on any atom is -0.487 e. The summed E-state index contributed by atoms with van der Waals surface area (Å²) in [6.45, 7) is 4.24. The molecule has 0 unspecified atom stereocenters. The fourth-order valence-corrected chi connectivity index (χ4v) is 6.75. The highest BCUT2D eigenvalue weighted by Gasteiger charge is 2.14. The molecule has 3 aromatic carbocycles. The van der Waals surface area contributed by atoms with Crippen molar-refractivity contribution in [1.82, 2.24) is 9.38 Å². The van der Waals surface area contributed by atoms with Gasteiger partial charge in [0.1, 0.15) is 18.2 Å². The number of thiazole rings is 1. The Bertz CT molecular complexity index is 1640. The zero-order valence-corrected chi connectivity index (χ0v) is 22.8. The Kier molecular flexibility index (Phi) is 6.17. The van der Waals surface area contributed by atoms with Crippen LogP contribution in [-0.2, 0) is 6.61 Å². The normalized spacial score (nSPS) is 12.2. The Labute approximate surface area is 220 Å². The second-order valence-electron chi connectivity index (χ2n) is 7.76. The van der Waals surface area contributed by atoms with E-state index < -0.39 is 0 Å². The van der Waals surface area contributed by atoms with E-state index in [0.717, 1.165) is 34.9 Å². The molecular weight excluding hydrogens is 665 g/mol. The number of benzene rings is 3. The summed E-state index contributed by atoms with van der Waals surface area (Å²) in [4.78, 5) is 18.5. The van der Waals surface area contributed by atoms with Crippen molar-refractivity contribution in [2.45, 2.75) is 20.5 Å². The summed E-state index contributed by atoms with van der Waals surface area (Å²) in [6, 6.07) is 14.6. The predicted molar refractivity (Wildman–Crippen MR) is 148 cm³/mol. The summed E-state index contributed by atoms with van der Waals surface area (Å²) in [5, 5.41) is 0. The molecule has 0 amide bonds. The van der Waals surface area contributed by atoms with Crippen molar-refractivity contribution in [3.63, 3.8) is 0 Å². The molecule has 8 heteroatoms. The standard InChI is InChI=1S/C25H17FI2N2O2S/c1-13-7-20-21(8-14(13)2)30-24(31)22(33-25(30)29-20)11-15-9-18(27)23(19(28)10-15)32-12-16-5-3-4-6-17(16)26/h3-11H,12H2,1-2H3/b22-11-. The lowest BCUT2D eigenvalue weighted by atomic mass is 10.1. The molecule has 5 aromatic rings. The van der Waals surface area contributed by atoms with E-state index in [1.807, 2.05) is 44.2 Å². The zero-order chi connectivity index (χ0) is 23.3. The van der Waals surface area contributed by atoms with Gasteiger partial charge in [-0.05, 0) is 112 Å². The second-order valence-corrected chi connectivity index (χ2v) is 11.1. The molecule has 0 aliphatic heterocycles. The summed E-state index contributed by atoms with van der Waals surface area (Å²) in [5.74, 6) is 0.424. The molecule has 0 fully saturated rings. The first-order valence-corrected chi connectivity index (χ1v) is 13.1. The maximum Gasteiger partial charge on any atom is 0.274 e. The van der Waals surface area contributed by atoms with Crippen LogP contribution >= 0.6 is 56.5 Å². The van der Waals surface area contributed by atoms with Crippen molar-refractivity contribution in [3.8, 4) is 5.75 Å². The molecule has 2 heterocycles. The topological polar surface area (TPSA) is 43.6 Å². The van der Waals surface area contributed by atoms with Gasteiger partial charge in [0, 0.05) is 5.56 Å². The van der Waals surface area contributed by atoms with E-state index >= 15 is 0 Å². The molecule has 0 saturated carbocycles. The Hall–Kier alpha value is -2.05. The van der Waals surface area contributed by atoms with Crippen LogP contribution in [0.5, 0.6) is 5.75 Å². The number of fused-ring (bicyclic) bond motifs is 3. The van der Waals surface area contributed by atoms with Crippen LogP contribution in [0.15, 0.2) is 53.3 Å². The number of hydrogen-bond acceptors (Lipinski definition) is 4. The van der Waals surface area contributed by atoms with Gasteiger partial charge < -0.3 is 4.74 Å². The van der Waals surface area contributed by atoms with Crippen LogP contribution in [0.3, 0.4) is 0 Å². The van der Waals surface area contributed by atoms with Gasteiger partial charge in [0.25, 0.3) is 5.56 Å². The van der Waals surface area contributed by atoms with Gasteiger partial charge in [0.15, 0.2) is 4.96 Å². The third-order valence-electron chi connectivity index (χ3n) is 5.50. The van der Waals surface area contributed by atoms with E-state index in [4.69, 9.17) is 4.74 Å². The highest BCUT2D eigenvalue weighted by Crippen LogP contribution is 2.30. The van der Waals surface area contributed by atoms with Crippen molar-refractivity contribution in [3.05, 3.63) is 98.6 Å². The van der Waals surface area contributed by atoms with Crippen LogP contribution in [0, 0.1) is 26.8 Å². The number of ether oxygens (including phenoxy) is 1. The quantitative estimate of drug-likeness (QED) is 0.219. The lowest BCUT2D eigenvalue weighted by Crippen LogP contribution is -2.22. The van der Waals surface area contributed by atoms with Gasteiger partial charge >= 0.3 is 0 Å². The molecule has 4 nitrogen and oxygen atoms in total. The molecule has 0 bridgehead atoms. The molecular formula is C25H17FI2N2O2S. The Balaban J connectivity index is 1.51. The minimum atomic E-state index is -0.281. The van der Waals surface area contributed by atoms with Gasteiger partial charge in [0.2, 0.25) is 0 Å². The Morgan fingerprint density at radius 1 is 1.09 bits per heavy atom. The highest BCUT2D eigenvalue weighted by molar-refractivity contribution is 14.1. The first-order valence-electron chi connectivity index (χ1n) is 10.1. The Morgan fingerprint density at radius 3 is 2.52 bits per heavy atom. The largest absolute Gasteiger partial charge is 0.487 e. The summed E-state index contributed by atoms with van der Waals surface area (Å²) in [7, 11) is 0. The van der Waals surface area contributed by atoms with E-state index in [9.17, 15) is 9.18 Å². The van der Waals surface area contributed by atoms with Crippen LogP contribution in [0.4, 0.5) is 4.39 Å². The monoisotopic (exact) mass is 682 g/mol. The number of nitrogens with zero attached hydrogens (tertiary/aromatic N) is 2. The summed E-state index contributed by atoms with van der Waals surface area (Å²) >= 11 is 5.81. The molecule has 0 saturated heterocycles. The van der Waals surface area contributed by atoms with Crippen LogP contribution in [0.2, 0.25) is 0 Å². The van der Waals surface area contributed by atoms with Gasteiger partial charge in [-0.15, -0.1) is 0 Å². The van der Waals surface area contributed by atoms with E-state index in [2.05, 4.69) is 50.2 Å². The van der Waals surface area contributed by atoms with Crippen LogP contribution < -0.4 is 14.8 Å². The van der Waals surface area contributed by atoms with E-state index in [0.29, 0.717) is 20.8 Å². The lowest BCUT2D eigenvalue weighted by molar-refractivity contribution is 0.295. The lowest BCUT2D eigenvalue weighted by Gasteiger charge is -2.12. The van der Waals surface area contributed by atoms with Crippen molar-refractivity contribution < 1.29 is 9.13 Å². The molecule has 0 N–H and O–H groups in total. The molecule has 0 atom stereocenters. The zero-order valence-electron chi connectivity index (χ0n) is 17.7. The molecule has 5 rings (SSSR count). The fourth-order valence-electron chi connectivity index (χ4n) is 3.64. The van der Waals surface area contributed by atoms with Crippen LogP contribution in [0.25, 0.3) is 22.1 Å². The van der Waals surface area contributed by atoms with Crippen molar-refractivity contribution in [1.29, 1.82) is 0 Å². The van der Waals surface area contributed by atoms with E-state index in [1.165, 1.54) is 17.4 Å². The van der Waals surface area contributed by atoms with Gasteiger partial charge in [-0.1, -0.05) is 29.5 Å². The smallest absolute Gasteiger partial charge is 0.274 e. The van der Waals surface area contributed by atoms with Crippen molar-refractivity contribution in [2.75, 3.05) is 0 Å². The number of rotatable bonds is 4. The predicted octanol–water partition coefficient (Wildman–Crippen LogP) is 6.00. The van der Waals surface area contributed by atoms with Gasteiger partial charge in [-0.3, -0.25) is 4.79 Å². The molecule has 0 aliphatic carbocycles. The van der Waals surface area contributed by atoms with E-state index in [1.54, 1.807) is 22.6 Å². The highest BCUT2D eigenvalue weighted by atomic mass is 127. The third kappa shape index (κ3) is 4.28. The average molecular weight is 682 g/mol. The summed E-state index contributed by atoms with van der Waals surface area (Å²) < 4.78 is 24.0. The van der Waals surface area contributed by atoms with Gasteiger partial charge in [-0.25, -0.2) is 13.8 Å². The first-order chi connectivity index (χ1) is 15.8. The van der Waals surface area contributed by atoms with Crippen LogP contribution in [-0.4, -0.2) is 9.38 Å². The number of imidazole rings is 1. The number of aryl methyl sites for hydroxylation is 2. The third-order valence-corrected chi connectivity index (χ3v) is 8.07. The molecule has 2 aromatic heterocycles. The molecule has 0 aliphatic rings. The maximum absolute atomic E-state index is 13.9.